The summed E-state index contributed by atoms with van der Waals surface area (Å²) in [4.78, 5) is 10.1. The highest BCUT2D eigenvalue weighted by Crippen LogP contribution is 2.43. The van der Waals surface area contributed by atoms with Gasteiger partial charge >= 0.3 is 0 Å². The molecule has 5 heteroatoms. The summed E-state index contributed by atoms with van der Waals surface area (Å²) < 4.78 is 13.1. The summed E-state index contributed by atoms with van der Waals surface area (Å²) in [6.45, 7) is 0. The minimum absolute atomic E-state index is 0.0769. The monoisotopic (exact) mass is 272 g/mol. The Morgan fingerprint density at radius 2 is 1.95 bits per heavy atom. The van der Waals surface area contributed by atoms with Crippen LogP contribution in [0.2, 0.25) is 0 Å². The van der Waals surface area contributed by atoms with Gasteiger partial charge in [0, 0.05) is 29.8 Å². The molecule has 0 unspecified atom stereocenters. The van der Waals surface area contributed by atoms with Crippen molar-refractivity contribution in [2.75, 3.05) is 5.32 Å². The highest BCUT2D eigenvalue weighted by Gasteiger charge is 2.38. The van der Waals surface area contributed by atoms with Gasteiger partial charge in [-0.2, -0.15) is 0 Å². The first-order valence-electron chi connectivity index (χ1n) is 6.40. The van der Waals surface area contributed by atoms with E-state index in [0.717, 1.165) is 17.7 Å². The van der Waals surface area contributed by atoms with Crippen LogP contribution in [0.5, 0.6) is 0 Å². The zero-order valence-electron chi connectivity index (χ0n) is 10.6. The van der Waals surface area contributed by atoms with Gasteiger partial charge in [-0.1, -0.05) is 12.1 Å². The van der Waals surface area contributed by atoms with E-state index in [1.165, 1.54) is 18.2 Å². The average Bonchev–Trinajstić information content (AvgIpc) is 3.18. The van der Waals surface area contributed by atoms with Crippen LogP contribution >= 0.6 is 0 Å². The molecule has 0 heterocycles. The van der Waals surface area contributed by atoms with Crippen molar-refractivity contribution in [3.8, 4) is 0 Å². The molecule has 0 aliphatic heterocycles. The zero-order chi connectivity index (χ0) is 14.1. The maximum absolute atomic E-state index is 13.1. The largest absolute Gasteiger partial charge is 0.382 e. The van der Waals surface area contributed by atoms with Gasteiger partial charge < -0.3 is 5.32 Å². The van der Waals surface area contributed by atoms with E-state index in [0.29, 0.717) is 5.92 Å². The van der Waals surface area contributed by atoms with E-state index in [1.807, 2.05) is 6.07 Å². The summed E-state index contributed by atoms with van der Waals surface area (Å²) in [7, 11) is 0. The Morgan fingerprint density at radius 3 is 2.60 bits per heavy atom. The van der Waals surface area contributed by atoms with Crippen LogP contribution in [0.4, 0.5) is 15.8 Å². The van der Waals surface area contributed by atoms with Crippen LogP contribution in [0.1, 0.15) is 17.9 Å². The number of anilines is 1. The molecule has 2 aromatic carbocycles. The quantitative estimate of drug-likeness (QED) is 0.682. The van der Waals surface area contributed by atoms with Gasteiger partial charge in [0.05, 0.1) is 4.92 Å². The van der Waals surface area contributed by atoms with Crippen molar-refractivity contribution in [1.29, 1.82) is 0 Å². The molecule has 0 radical (unpaired) electrons. The topological polar surface area (TPSA) is 55.2 Å². The molecule has 1 aliphatic carbocycles. The predicted molar refractivity (Wildman–Crippen MR) is 74.3 cm³/mol. The van der Waals surface area contributed by atoms with Gasteiger partial charge in [0.1, 0.15) is 5.82 Å². The summed E-state index contributed by atoms with van der Waals surface area (Å²) in [5, 5.41) is 13.9. The molecule has 102 valence electrons. The van der Waals surface area contributed by atoms with Crippen molar-refractivity contribution in [1.82, 2.24) is 0 Å². The fourth-order valence-corrected chi connectivity index (χ4v) is 2.35. The van der Waals surface area contributed by atoms with Crippen LogP contribution in [0.25, 0.3) is 0 Å². The Balaban J connectivity index is 1.64. The lowest BCUT2D eigenvalue weighted by Crippen LogP contribution is -2.04. The summed E-state index contributed by atoms with van der Waals surface area (Å²) in [6.07, 6.45) is 0.945. The first-order valence-corrected chi connectivity index (χ1v) is 6.40. The third-order valence-electron chi connectivity index (χ3n) is 3.50. The number of nitrogens with one attached hydrogen (secondary N) is 1. The van der Waals surface area contributed by atoms with Crippen LogP contribution in [0, 0.1) is 15.9 Å². The number of non-ortho nitro benzene ring substituents is 1. The molecular weight excluding hydrogens is 259 g/mol. The third-order valence-corrected chi connectivity index (χ3v) is 3.50. The second-order valence-corrected chi connectivity index (χ2v) is 4.95. The normalized spacial score (nSPS) is 20.4. The first kappa shape index (κ1) is 12.6. The van der Waals surface area contributed by atoms with E-state index in [-0.39, 0.29) is 17.5 Å². The fourth-order valence-electron chi connectivity index (χ4n) is 2.35. The molecule has 1 saturated carbocycles. The SMILES string of the molecule is O=[N+]([O-])c1ccc(N[C@@H]2C[C@H]2c2cccc(F)c2)cc1. The third kappa shape index (κ3) is 2.61. The van der Waals surface area contributed by atoms with Gasteiger partial charge in [-0.05, 0) is 36.2 Å². The molecule has 0 amide bonds. The number of rotatable bonds is 4. The van der Waals surface area contributed by atoms with Gasteiger partial charge in [-0.25, -0.2) is 4.39 Å². The predicted octanol–water partition coefficient (Wildman–Crippen LogP) is 3.70. The molecule has 2 aromatic rings. The fraction of sp³-hybridized carbons (Fsp3) is 0.200. The van der Waals surface area contributed by atoms with E-state index in [9.17, 15) is 14.5 Å². The molecule has 4 nitrogen and oxygen atoms in total. The number of hydrogen-bond acceptors (Lipinski definition) is 3. The van der Waals surface area contributed by atoms with E-state index < -0.39 is 4.92 Å². The lowest BCUT2D eigenvalue weighted by Gasteiger charge is -2.06. The molecule has 0 aromatic heterocycles. The Kier molecular flexibility index (Phi) is 3.10. The Morgan fingerprint density at radius 1 is 1.20 bits per heavy atom. The van der Waals surface area contributed by atoms with E-state index >= 15 is 0 Å². The number of halogens is 1. The summed E-state index contributed by atoms with van der Waals surface area (Å²) in [5.74, 6) is 0.0874. The van der Waals surface area contributed by atoms with Crippen LogP contribution in [0.3, 0.4) is 0 Å². The van der Waals surface area contributed by atoms with Gasteiger partial charge in [-0.3, -0.25) is 10.1 Å². The number of nitro groups is 1. The standard InChI is InChI=1S/C15H13FN2O2/c16-11-3-1-2-10(8-11)14-9-15(14)17-12-4-6-13(7-5-12)18(19)20/h1-8,14-15,17H,9H2/t14-,15+/m0/s1. The summed E-state index contributed by atoms with van der Waals surface area (Å²) in [5.41, 5.74) is 1.91. The maximum atomic E-state index is 13.1. The first-order chi connectivity index (χ1) is 9.63. The van der Waals surface area contributed by atoms with Crippen molar-refractivity contribution in [2.45, 2.75) is 18.4 Å². The van der Waals surface area contributed by atoms with Gasteiger partial charge in [-0.15, -0.1) is 0 Å². The Hall–Kier alpha value is -2.43. The lowest BCUT2D eigenvalue weighted by atomic mass is 10.1. The number of hydrogen-bond donors (Lipinski definition) is 1. The second-order valence-electron chi connectivity index (χ2n) is 4.95. The molecular formula is C15H13FN2O2. The number of nitrogens with zero attached hydrogens (tertiary/aromatic N) is 1. The van der Waals surface area contributed by atoms with Crippen LogP contribution in [-0.2, 0) is 0 Å². The molecule has 1 aliphatic rings. The van der Waals surface area contributed by atoms with Crippen LogP contribution < -0.4 is 5.32 Å². The number of nitro benzene ring substituents is 1. The van der Waals surface area contributed by atoms with Crippen molar-refractivity contribution in [3.05, 3.63) is 70.0 Å². The lowest BCUT2D eigenvalue weighted by molar-refractivity contribution is -0.384. The van der Waals surface area contributed by atoms with Crippen molar-refractivity contribution < 1.29 is 9.31 Å². The molecule has 1 fully saturated rings. The Labute approximate surface area is 115 Å². The van der Waals surface area contributed by atoms with Crippen LogP contribution in [-0.4, -0.2) is 11.0 Å². The van der Waals surface area contributed by atoms with Gasteiger partial charge in [0.2, 0.25) is 0 Å². The molecule has 0 spiro atoms. The second kappa shape index (κ2) is 4.92. The summed E-state index contributed by atoms with van der Waals surface area (Å²) in [6, 6.07) is 13.2. The van der Waals surface area contributed by atoms with E-state index in [1.54, 1.807) is 24.3 Å². The summed E-state index contributed by atoms with van der Waals surface area (Å²) >= 11 is 0. The van der Waals surface area contributed by atoms with Crippen molar-refractivity contribution in [2.24, 2.45) is 0 Å². The Bertz CT molecular complexity index is 643. The van der Waals surface area contributed by atoms with Gasteiger partial charge in [0.25, 0.3) is 5.69 Å². The molecule has 0 saturated heterocycles. The number of benzene rings is 2. The molecule has 1 N–H and O–H groups in total. The zero-order valence-corrected chi connectivity index (χ0v) is 10.6. The minimum atomic E-state index is -0.420. The molecule has 3 rings (SSSR count). The van der Waals surface area contributed by atoms with Crippen LogP contribution in [0.15, 0.2) is 48.5 Å². The molecule has 0 bridgehead atoms. The van der Waals surface area contributed by atoms with E-state index in [4.69, 9.17) is 0 Å². The average molecular weight is 272 g/mol. The van der Waals surface area contributed by atoms with Crippen molar-refractivity contribution >= 4 is 11.4 Å². The smallest absolute Gasteiger partial charge is 0.269 e. The maximum Gasteiger partial charge on any atom is 0.269 e. The molecule has 20 heavy (non-hydrogen) atoms. The minimum Gasteiger partial charge on any atom is -0.382 e. The molecule has 2 atom stereocenters. The van der Waals surface area contributed by atoms with Crippen molar-refractivity contribution in [3.63, 3.8) is 0 Å². The highest BCUT2D eigenvalue weighted by molar-refractivity contribution is 5.51. The van der Waals surface area contributed by atoms with E-state index in [2.05, 4.69) is 5.32 Å². The highest BCUT2D eigenvalue weighted by atomic mass is 19.1. The van der Waals surface area contributed by atoms with Gasteiger partial charge in [0.15, 0.2) is 0 Å².